The van der Waals surface area contributed by atoms with Crippen molar-refractivity contribution in [3.63, 3.8) is 0 Å². The summed E-state index contributed by atoms with van der Waals surface area (Å²) in [5, 5.41) is 0. The molecule has 0 N–H and O–H groups in total. The van der Waals surface area contributed by atoms with Crippen LogP contribution in [0.25, 0.3) is 56.2 Å². The van der Waals surface area contributed by atoms with Crippen LogP contribution in [0.1, 0.15) is 42.1 Å². The highest BCUT2D eigenvalue weighted by atomic mass is 15.2. The van der Waals surface area contributed by atoms with Crippen molar-refractivity contribution < 1.29 is 0 Å². The zero-order valence-corrected chi connectivity index (χ0v) is 34.4. The van der Waals surface area contributed by atoms with Crippen LogP contribution in [-0.2, 0) is 24.8 Å². The van der Waals surface area contributed by atoms with Crippen molar-refractivity contribution >= 4 is 11.4 Å². The lowest BCUT2D eigenvalue weighted by Crippen LogP contribution is -2.33. The van der Waals surface area contributed by atoms with Gasteiger partial charge >= 0.3 is 0 Å². The van der Waals surface area contributed by atoms with Gasteiger partial charge in [0, 0.05) is 46.1 Å². The van der Waals surface area contributed by atoms with Crippen molar-refractivity contribution in [1.82, 2.24) is 19.9 Å². The summed E-state index contributed by atoms with van der Waals surface area (Å²) in [6.45, 7) is 5.27. The van der Waals surface area contributed by atoms with Crippen LogP contribution in [0.2, 0.25) is 0 Å². The Balaban J connectivity index is 1.11. The van der Waals surface area contributed by atoms with Gasteiger partial charge in [0.05, 0.1) is 12.2 Å². The van der Waals surface area contributed by atoms with Gasteiger partial charge in [0.2, 0.25) is 0 Å². The maximum atomic E-state index is 5.42. The maximum absolute atomic E-state index is 5.42. The molecule has 0 atom stereocenters. The molecule has 2 aromatic heterocycles. The van der Waals surface area contributed by atoms with E-state index < -0.39 is 0 Å². The topological polar surface area (TPSA) is 54.8 Å². The number of anilines is 2. The minimum absolute atomic E-state index is 0.146. The van der Waals surface area contributed by atoms with Gasteiger partial charge in [-0.05, 0) is 75.2 Å². The fourth-order valence-electron chi connectivity index (χ4n) is 8.79. The number of fused-ring (bicyclic) bond motifs is 2. The molecule has 0 spiro atoms. The Hall–Kier alpha value is -7.50. The zero-order valence-electron chi connectivity index (χ0n) is 34.4. The van der Waals surface area contributed by atoms with Gasteiger partial charge in [-0.25, -0.2) is 15.0 Å². The molecule has 0 fully saturated rings. The van der Waals surface area contributed by atoms with Crippen molar-refractivity contribution in [3.8, 4) is 56.2 Å². The molecule has 294 valence electrons. The summed E-state index contributed by atoms with van der Waals surface area (Å²) in [6, 6.07) is 68.5. The van der Waals surface area contributed by atoms with Crippen LogP contribution in [0.15, 0.2) is 200 Å². The largest absolute Gasteiger partial charge is 0.335 e. The number of hydrogen-bond acceptors (Lipinski definition) is 5. The Labute approximate surface area is 358 Å². The number of rotatable bonds is 10. The Morgan fingerprint density at radius 3 is 1.51 bits per heavy atom. The quantitative estimate of drug-likeness (QED) is 0.138. The molecule has 0 unspecified atom stereocenters. The van der Waals surface area contributed by atoms with Crippen LogP contribution in [-0.4, -0.2) is 19.9 Å². The lowest BCUT2D eigenvalue weighted by atomic mass is 9.73. The second kappa shape index (κ2) is 16.3. The van der Waals surface area contributed by atoms with E-state index in [0.717, 1.165) is 44.9 Å². The molecule has 9 aromatic rings. The smallest absolute Gasteiger partial charge is 0.163 e. The molecular formula is C56H45N5. The first-order valence-electron chi connectivity index (χ1n) is 21.0. The van der Waals surface area contributed by atoms with Gasteiger partial charge in [-0.1, -0.05) is 184 Å². The minimum atomic E-state index is -0.146. The van der Waals surface area contributed by atoms with Crippen molar-refractivity contribution in [2.24, 2.45) is 0 Å². The molecule has 0 saturated heterocycles. The van der Waals surface area contributed by atoms with Gasteiger partial charge in [0.1, 0.15) is 5.82 Å². The molecule has 0 bridgehead atoms. The molecular weight excluding hydrogens is 743 g/mol. The van der Waals surface area contributed by atoms with Crippen molar-refractivity contribution in [2.45, 2.75) is 38.6 Å². The lowest BCUT2D eigenvalue weighted by molar-refractivity contribution is 0.622. The third-order valence-corrected chi connectivity index (χ3v) is 12.0. The molecule has 5 heteroatoms. The summed E-state index contributed by atoms with van der Waals surface area (Å²) < 4.78 is 0. The maximum Gasteiger partial charge on any atom is 0.163 e. The SMILES string of the molecule is CC1(C)c2ccccc2N(Cc2ncc(-c3cc(-c4ccccc4)ccc3-c3ccccc3)cc2CCc2nc(-c3ccccc3)nc(-c3ccccc3)n2)c2ccccc21. The van der Waals surface area contributed by atoms with E-state index in [2.05, 4.69) is 183 Å². The Kier molecular flexibility index (Phi) is 10.1. The second-order valence-corrected chi connectivity index (χ2v) is 16.2. The Morgan fingerprint density at radius 1 is 0.426 bits per heavy atom. The van der Waals surface area contributed by atoms with Crippen LogP contribution in [0.4, 0.5) is 11.4 Å². The van der Waals surface area contributed by atoms with E-state index in [1.54, 1.807) is 0 Å². The number of benzene rings is 7. The minimum Gasteiger partial charge on any atom is -0.335 e. The lowest BCUT2D eigenvalue weighted by Gasteiger charge is -2.42. The molecule has 61 heavy (non-hydrogen) atoms. The number of nitrogens with zero attached hydrogens (tertiary/aromatic N) is 5. The van der Waals surface area contributed by atoms with E-state index in [-0.39, 0.29) is 5.41 Å². The summed E-state index contributed by atoms with van der Waals surface area (Å²) in [4.78, 5) is 23.0. The molecule has 0 aliphatic carbocycles. The monoisotopic (exact) mass is 787 g/mol. The molecule has 10 rings (SSSR count). The van der Waals surface area contributed by atoms with Crippen LogP contribution < -0.4 is 4.90 Å². The summed E-state index contributed by atoms with van der Waals surface area (Å²) in [7, 11) is 0. The van der Waals surface area contributed by atoms with Crippen molar-refractivity contribution in [1.29, 1.82) is 0 Å². The Bertz CT molecular complexity index is 2860. The fourth-order valence-corrected chi connectivity index (χ4v) is 8.79. The molecule has 7 aromatic carbocycles. The van der Waals surface area contributed by atoms with E-state index in [4.69, 9.17) is 19.9 Å². The summed E-state index contributed by atoms with van der Waals surface area (Å²) in [5.41, 5.74) is 15.9. The Morgan fingerprint density at radius 2 is 0.934 bits per heavy atom. The van der Waals surface area contributed by atoms with Gasteiger partial charge in [0.25, 0.3) is 0 Å². The van der Waals surface area contributed by atoms with E-state index in [9.17, 15) is 0 Å². The van der Waals surface area contributed by atoms with Crippen LogP contribution in [0.3, 0.4) is 0 Å². The van der Waals surface area contributed by atoms with Crippen LogP contribution in [0.5, 0.6) is 0 Å². The highest BCUT2D eigenvalue weighted by molar-refractivity contribution is 5.87. The fraction of sp³-hybridized carbons (Fsp3) is 0.107. The first kappa shape index (κ1) is 37.7. The van der Waals surface area contributed by atoms with E-state index in [1.807, 2.05) is 36.4 Å². The summed E-state index contributed by atoms with van der Waals surface area (Å²) in [6.07, 6.45) is 3.37. The predicted molar refractivity (Wildman–Crippen MR) is 250 cm³/mol. The highest BCUT2D eigenvalue weighted by Gasteiger charge is 2.36. The average molecular weight is 788 g/mol. The third kappa shape index (κ3) is 7.51. The zero-order chi connectivity index (χ0) is 41.2. The number of aromatic nitrogens is 4. The number of para-hydroxylation sites is 2. The van der Waals surface area contributed by atoms with Crippen molar-refractivity contribution in [3.05, 3.63) is 229 Å². The standard InChI is InChI=1S/C56H45N5/c1-56(2)48-27-15-17-29-51(48)61(52-30-18-16-28-49(52)56)38-50-44(32-34-53-58-54(41-23-11-5-12-24-41)60-55(59-53)42-25-13-6-14-26-42)35-45(37-57-50)47-36-43(39-19-7-3-8-20-39)31-33-46(47)40-21-9-4-10-22-40/h3-31,33,35-37H,32,34,38H2,1-2H3. The molecule has 0 saturated carbocycles. The first-order valence-corrected chi connectivity index (χ1v) is 21.0. The molecule has 1 aliphatic heterocycles. The normalized spacial score (nSPS) is 12.7. The predicted octanol–water partition coefficient (Wildman–Crippen LogP) is 13.4. The van der Waals surface area contributed by atoms with E-state index in [1.165, 1.54) is 39.2 Å². The van der Waals surface area contributed by atoms with Crippen molar-refractivity contribution in [2.75, 3.05) is 4.90 Å². The number of hydrogen-bond donors (Lipinski definition) is 0. The van der Waals surface area contributed by atoms with Gasteiger partial charge in [-0.3, -0.25) is 4.98 Å². The molecule has 3 heterocycles. The molecule has 0 amide bonds. The van der Waals surface area contributed by atoms with E-state index >= 15 is 0 Å². The molecule has 1 aliphatic rings. The highest BCUT2D eigenvalue weighted by Crippen LogP contribution is 2.49. The van der Waals surface area contributed by atoms with Crippen LogP contribution in [0, 0.1) is 0 Å². The first-order chi connectivity index (χ1) is 30.0. The average Bonchev–Trinajstić information content (AvgIpc) is 3.33. The second-order valence-electron chi connectivity index (χ2n) is 16.2. The number of aryl methyl sites for hydroxylation is 2. The summed E-state index contributed by atoms with van der Waals surface area (Å²) in [5.74, 6) is 2.09. The van der Waals surface area contributed by atoms with Crippen LogP contribution >= 0.6 is 0 Å². The van der Waals surface area contributed by atoms with E-state index in [0.29, 0.717) is 31.0 Å². The van der Waals surface area contributed by atoms with Gasteiger partial charge in [0.15, 0.2) is 11.6 Å². The molecule has 5 nitrogen and oxygen atoms in total. The van der Waals surface area contributed by atoms with Gasteiger partial charge in [-0.2, -0.15) is 0 Å². The third-order valence-electron chi connectivity index (χ3n) is 12.0. The molecule has 0 radical (unpaired) electrons. The van der Waals surface area contributed by atoms with Gasteiger partial charge < -0.3 is 4.90 Å². The van der Waals surface area contributed by atoms with Gasteiger partial charge in [-0.15, -0.1) is 0 Å². The number of pyridine rings is 1. The summed E-state index contributed by atoms with van der Waals surface area (Å²) >= 11 is 0.